The van der Waals surface area contributed by atoms with E-state index in [0.717, 1.165) is 34.8 Å². The lowest BCUT2D eigenvalue weighted by Crippen LogP contribution is -2.16. The zero-order chi connectivity index (χ0) is 22.5. The van der Waals surface area contributed by atoms with E-state index >= 15 is 0 Å². The molecule has 0 saturated heterocycles. The number of amides is 1. The molecule has 164 valence electrons. The zero-order valence-corrected chi connectivity index (χ0v) is 20.0. The van der Waals surface area contributed by atoms with Crippen LogP contribution in [0.15, 0.2) is 41.6 Å². The van der Waals surface area contributed by atoms with Gasteiger partial charge in [-0.1, -0.05) is 43.3 Å². The second kappa shape index (κ2) is 10.2. The normalized spacial score (nSPS) is 11.1. The molecule has 0 atom stereocenters. The van der Waals surface area contributed by atoms with Gasteiger partial charge in [-0.3, -0.25) is 4.79 Å². The molecule has 0 aliphatic rings. The Hall–Kier alpha value is -2.51. The Bertz CT molecular complexity index is 1040. The molecule has 0 spiro atoms. The van der Waals surface area contributed by atoms with E-state index in [-0.39, 0.29) is 11.7 Å². The predicted octanol–water partition coefficient (Wildman–Crippen LogP) is 5.61. The summed E-state index contributed by atoms with van der Waals surface area (Å²) in [4.78, 5) is 12.6. The molecule has 1 N–H and O–H groups in total. The molecule has 0 aliphatic heterocycles. The van der Waals surface area contributed by atoms with Crippen LogP contribution in [0.5, 0.6) is 5.75 Å². The molecule has 31 heavy (non-hydrogen) atoms. The smallest absolute Gasteiger partial charge is 0.234 e. The van der Waals surface area contributed by atoms with E-state index in [1.54, 1.807) is 7.11 Å². The van der Waals surface area contributed by atoms with E-state index < -0.39 is 0 Å². The van der Waals surface area contributed by atoms with Crippen molar-refractivity contribution in [2.45, 2.75) is 39.4 Å². The molecule has 0 bridgehead atoms. The highest BCUT2D eigenvalue weighted by Crippen LogP contribution is 2.29. The minimum Gasteiger partial charge on any atom is -0.497 e. The van der Waals surface area contributed by atoms with Gasteiger partial charge < -0.3 is 14.6 Å². The Kier molecular flexibility index (Phi) is 7.62. The first kappa shape index (κ1) is 23.2. The number of ether oxygens (including phenoxy) is 1. The average molecular weight is 459 g/mol. The maximum atomic E-state index is 12.6. The van der Waals surface area contributed by atoms with E-state index in [4.69, 9.17) is 16.3 Å². The molecular weight excluding hydrogens is 432 g/mol. The van der Waals surface area contributed by atoms with Crippen molar-refractivity contribution in [3.05, 3.63) is 52.5 Å². The molecular formula is C23H27ClN4O2S. The largest absolute Gasteiger partial charge is 0.497 e. The van der Waals surface area contributed by atoms with E-state index in [1.165, 1.54) is 11.8 Å². The van der Waals surface area contributed by atoms with Gasteiger partial charge in [-0.25, -0.2) is 0 Å². The summed E-state index contributed by atoms with van der Waals surface area (Å²) in [5.74, 6) is 2.04. The van der Waals surface area contributed by atoms with E-state index in [0.29, 0.717) is 21.8 Å². The summed E-state index contributed by atoms with van der Waals surface area (Å²) in [5, 5.41) is 12.9. The second-order valence-electron chi connectivity index (χ2n) is 7.81. The number of methoxy groups -OCH3 is 1. The number of rotatable bonds is 8. The number of halogens is 1. The van der Waals surface area contributed by atoms with Gasteiger partial charge in [0.2, 0.25) is 5.91 Å². The van der Waals surface area contributed by atoms with Crippen LogP contribution in [0.2, 0.25) is 5.02 Å². The number of aromatic nitrogens is 3. The van der Waals surface area contributed by atoms with Crippen molar-refractivity contribution >= 4 is 35.0 Å². The molecule has 8 heteroatoms. The molecule has 0 radical (unpaired) electrons. The molecule has 2 aromatic carbocycles. The molecule has 0 saturated carbocycles. The van der Waals surface area contributed by atoms with Crippen molar-refractivity contribution in [3.63, 3.8) is 0 Å². The SMILES string of the molecule is COc1ccc(-c2nnc(SCC(=O)Nc3c(C)cc(C)cc3Cl)n2CC(C)C)cc1. The highest BCUT2D eigenvalue weighted by Gasteiger charge is 2.17. The number of anilines is 1. The maximum Gasteiger partial charge on any atom is 0.234 e. The average Bonchev–Trinajstić information content (AvgIpc) is 3.11. The number of hydrogen-bond acceptors (Lipinski definition) is 5. The first-order valence-electron chi connectivity index (χ1n) is 10.1. The van der Waals surface area contributed by atoms with Crippen LogP contribution in [-0.2, 0) is 11.3 Å². The lowest BCUT2D eigenvalue weighted by Gasteiger charge is -2.13. The predicted molar refractivity (Wildman–Crippen MR) is 127 cm³/mol. The van der Waals surface area contributed by atoms with Crippen LogP contribution >= 0.6 is 23.4 Å². The van der Waals surface area contributed by atoms with Crippen molar-refractivity contribution < 1.29 is 9.53 Å². The number of aryl methyl sites for hydroxylation is 2. The number of nitrogens with zero attached hydrogens (tertiary/aromatic N) is 3. The minimum absolute atomic E-state index is 0.135. The van der Waals surface area contributed by atoms with Crippen molar-refractivity contribution in [2.24, 2.45) is 5.92 Å². The van der Waals surface area contributed by atoms with Crippen molar-refractivity contribution in [1.82, 2.24) is 14.8 Å². The quantitative estimate of drug-likeness (QED) is 0.444. The highest BCUT2D eigenvalue weighted by atomic mass is 35.5. The molecule has 1 aromatic heterocycles. The standard InChI is InChI=1S/C23H27ClN4O2S/c1-14(2)12-28-22(17-6-8-18(30-5)9-7-17)26-27-23(28)31-13-20(29)25-21-16(4)10-15(3)11-19(21)24/h6-11,14H,12-13H2,1-5H3,(H,25,29). The van der Waals surface area contributed by atoms with Crippen molar-refractivity contribution in [1.29, 1.82) is 0 Å². The van der Waals surface area contributed by atoms with Crippen LogP contribution in [-0.4, -0.2) is 33.5 Å². The lowest BCUT2D eigenvalue weighted by molar-refractivity contribution is -0.113. The Labute approximate surface area is 192 Å². The molecule has 1 heterocycles. The zero-order valence-electron chi connectivity index (χ0n) is 18.4. The third-order valence-electron chi connectivity index (χ3n) is 4.64. The van der Waals surface area contributed by atoms with E-state index in [2.05, 4.69) is 33.9 Å². The van der Waals surface area contributed by atoms with Gasteiger partial charge in [0.1, 0.15) is 5.75 Å². The monoisotopic (exact) mass is 458 g/mol. The van der Waals surface area contributed by atoms with Crippen LogP contribution in [0.1, 0.15) is 25.0 Å². The van der Waals surface area contributed by atoms with Crippen LogP contribution in [0.3, 0.4) is 0 Å². The van der Waals surface area contributed by atoms with Crippen molar-refractivity contribution in [2.75, 3.05) is 18.2 Å². The van der Waals surface area contributed by atoms with Gasteiger partial charge in [-0.2, -0.15) is 0 Å². The Morgan fingerprint density at radius 1 is 1.19 bits per heavy atom. The summed E-state index contributed by atoms with van der Waals surface area (Å²) in [6, 6.07) is 11.6. The number of thioether (sulfide) groups is 1. The molecule has 3 rings (SSSR count). The Balaban J connectivity index is 1.76. The van der Waals surface area contributed by atoms with Gasteiger partial charge in [0.05, 0.1) is 23.6 Å². The summed E-state index contributed by atoms with van der Waals surface area (Å²) in [7, 11) is 1.64. The first-order valence-corrected chi connectivity index (χ1v) is 11.4. The summed E-state index contributed by atoms with van der Waals surface area (Å²) >= 11 is 7.68. The minimum atomic E-state index is -0.135. The maximum absolute atomic E-state index is 12.6. The third-order valence-corrected chi connectivity index (χ3v) is 5.91. The van der Waals surface area contributed by atoms with Gasteiger partial charge >= 0.3 is 0 Å². The Morgan fingerprint density at radius 2 is 1.90 bits per heavy atom. The molecule has 0 fully saturated rings. The number of hydrogen-bond donors (Lipinski definition) is 1. The van der Waals surface area contributed by atoms with Gasteiger partial charge in [0.15, 0.2) is 11.0 Å². The third kappa shape index (κ3) is 5.80. The van der Waals surface area contributed by atoms with Gasteiger partial charge in [0, 0.05) is 12.1 Å². The summed E-state index contributed by atoms with van der Waals surface area (Å²) in [5.41, 5.74) is 3.60. The molecule has 0 unspecified atom stereocenters. The highest BCUT2D eigenvalue weighted by molar-refractivity contribution is 7.99. The summed E-state index contributed by atoms with van der Waals surface area (Å²) in [6.45, 7) is 8.94. The summed E-state index contributed by atoms with van der Waals surface area (Å²) < 4.78 is 7.31. The van der Waals surface area contributed by atoms with Crippen molar-refractivity contribution in [3.8, 4) is 17.1 Å². The van der Waals surface area contributed by atoms with E-state index in [9.17, 15) is 4.79 Å². The van der Waals surface area contributed by atoms with E-state index in [1.807, 2.05) is 50.2 Å². The van der Waals surface area contributed by atoms with Crippen LogP contribution in [0, 0.1) is 19.8 Å². The molecule has 1 amide bonds. The number of benzene rings is 2. The Morgan fingerprint density at radius 3 is 2.52 bits per heavy atom. The topological polar surface area (TPSA) is 69.0 Å². The van der Waals surface area contributed by atoms with Gasteiger partial charge in [-0.15, -0.1) is 10.2 Å². The first-order chi connectivity index (χ1) is 14.8. The molecule has 0 aliphatic carbocycles. The molecule has 3 aromatic rings. The fourth-order valence-corrected chi connectivity index (χ4v) is 4.37. The van der Waals surface area contributed by atoms with Gasteiger partial charge in [0.25, 0.3) is 0 Å². The van der Waals surface area contributed by atoms with Crippen LogP contribution < -0.4 is 10.1 Å². The van der Waals surface area contributed by atoms with Crippen LogP contribution in [0.4, 0.5) is 5.69 Å². The lowest BCUT2D eigenvalue weighted by atomic mass is 10.1. The fraction of sp³-hybridized carbons (Fsp3) is 0.348. The second-order valence-corrected chi connectivity index (χ2v) is 9.16. The number of nitrogens with one attached hydrogen (secondary N) is 1. The number of carbonyl (C=O) groups is 1. The van der Waals surface area contributed by atoms with Crippen LogP contribution in [0.25, 0.3) is 11.4 Å². The number of carbonyl (C=O) groups excluding carboxylic acids is 1. The van der Waals surface area contributed by atoms with Gasteiger partial charge in [-0.05, 0) is 61.2 Å². The summed E-state index contributed by atoms with van der Waals surface area (Å²) in [6.07, 6.45) is 0. The fourth-order valence-electron chi connectivity index (χ4n) is 3.26. The molecule has 6 nitrogen and oxygen atoms in total.